The zero-order valence-electron chi connectivity index (χ0n) is 13.9. The van der Waals surface area contributed by atoms with Gasteiger partial charge in [0.25, 0.3) is 0 Å². The number of hydrogen-bond donors (Lipinski definition) is 1. The van der Waals surface area contributed by atoms with E-state index < -0.39 is 27.8 Å². The molecule has 0 amide bonds. The first-order valence-corrected chi connectivity index (χ1v) is 9.41. The fourth-order valence-electron chi connectivity index (χ4n) is 2.75. The summed E-state index contributed by atoms with van der Waals surface area (Å²) in [5, 5.41) is 0.816. The molecule has 27 heavy (non-hydrogen) atoms. The van der Waals surface area contributed by atoms with Gasteiger partial charge in [0.1, 0.15) is 4.90 Å². The van der Waals surface area contributed by atoms with E-state index in [1.165, 1.54) is 18.3 Å². The van der Waals surface area contributed by atoms with Crippen molar-refractivity contribution in [2.45, 2.75) is 11.0 Å². The number of ketones is 1. The van der Waals surface area contributed by atoms with Crippen LogP contribution in [0.25, 0.3) is 10.9 Å². The minimum absolute atomic E-state index is 0.0890. The molecule has 7 nitrogen and oxygen atoms in total. The molecule has 2 N–H and O–H groups in total. The number of nitrogens with zero attached hydrogens (tertiary/aromatic N) is 1. The number of fused-ring (bicyclic) bond motifs is 1. The fraction of sp³-hybridized carbons (Fsp3) is 0.0526. The van der Waals surface area contributed by atoms with Gasteiger partial charge in [0, 0.05) is 17.1 Å². The average molecular weight is 382 g/mol. The smallest absolute Gasteiger partial charge is 0.339 e. The second kappa shape index (κ2) is 6.40. The number of aromatic nitrogens is 1. The second-order valence-corrected chi connectivity index (χ2v) is 7.41. The SMILES string of the molecule is NC1=C(OS(=O)(=O)c2ccccc2)C(=O)C(c2cnc3ccccc3c2)O1. The third-order valence-corrected chi connectivity index (χ3v) is 5.31. The molecular weight excluding hydrogens is 368 g/mol. The molecule has 8 heteroatoms. The molecule has 1 unspecified atom stereocenters. The lowest BCUT2D eigenvalue weighted by Crippen LogP contribution is -2.15. The maximum absolute atomic E-state index is 12.7. The second-order valence-electron chi connectivity index (χ2n) is 5.87. The van der Waals surface area contributed by atoms with E-state index in [1.54, 1.807) is 24.3 Å². The van der Waals surface area contributed by atoms with Crippen molar-refractivity contribution in [1.82, 2.24) is 4.98 Å². The molecule has 0 spiro atoms. The van der Waals surface area contributed by atoms with Crippen LogP contribution in [-0.2, 0) is 23.8 Å². The van der Waals surface area contributed by atoms with E-state index in [1.807, 2.05) is 24.3 Å². The molecule has 3 aromatic rings. The van der Waals surface area contributed by atoms with Crippen molar-refractivity contribution in [3.8, 4) is 0 Å². The molecule has 0 aliphatic carbocycles. The van der Waals surface area contributed by atoms with Gasteiger partial charge in [-0.05, 0) is 24.3 Å². The summed E-state index contributed by atoms with van der Waals surface area (Å²) in [6, 6.07) is 16.6. The predicted molar refractivity (Wildman–Crippen MR) is 96.5 cm³/mol. The molecule has 1 aliphatic rings. The van der Waals surface area contributed by atoms with Crippen molar-refractivity contribution in [1.29, 1.82) is 0 Å². The van der Waals surface area contributed by atoms with E-state index >= 15 is 0 Å². The van der Waals surface area contributed by atoms with Gasteiger partial charge in [0.05, 0.1) is 5.52 Å². The number of carbonyl (C=O) groups excluding carboxylic acids is 1. The van der Waals surface area contributed by atoms with Crippen LogP contribution in [0.2, 0.25) is 0 Å². The molecule has 1 atom stereocenters. The van der Waals surface area contributed by atoms with Gasteiger partial charge in [0.2, 0.25) is 17.4 Å². The predicted octanol–water partition coefficient (Wildman–Crippen LogP) is 2.41. The number of ether oxygens (including phenoxy) is 1. The minimum atomic E-state index is -4.20. The summed E-state index contributed by atoms with van der Waals surface area (Å²) >= 11 is 0. The Labute approximate surface area is 155 Å². The highest BCUT2D eigenvalue weighted by atomic mass is 32.2. The van der Waals surface area contributed by atoms with E-state index in [4.69, 9.17) is 14.7 Å². The zero-order chi connectivity index (χ0) is 19.0. The number of hydrogen-bond acceptors (Lipinski definition) is 7. The van der Waals surface area contributed by atoms with Crippen LogP contribution in [0.5, 0.6) is 0 Å². The zero-order valence-corrected chi connectivity index (χ0v) is 14.7. The molecule has 1 aromatic heterocycles. The molecule has 2 heterocycles. The topological polar surface area (TPSA) is 109 Å². The number of carbonyl (C=O) groups is 1. The van der Waals surface area contributed by atoms with Gasteiger partial charge in [0.15, 0.2) is 6.10 Å². The molecule has 0 saturated heterocycles. The Hall–Kier alpha value is -3.39. The summed E-state index contributed by atoms with van der Waals surface area (Å²) in [5.74, 6) is -1.58. The highest BCUT2D eigenvalue weighted by Crippen LogP contribution is 2.33. The number of Topliss-reactive ketones (excluding diaryl/α,β-unsaturated/α-hetero) is 1. The van der Waals surface area contributed by atoms with E-state index in [9.17, 15) is 13.2 Å². The number of benzene rings is 2. The Morgan fingerprint density at radius 2 is 1.74 bits per heavy atom. The van der Waals surface area contributed by atoms with Crippen molar-refractivity contribution in [2.75, 3.05) is 0 Å². The van der Waals surface area contributed by atoms with E-state index in [2.05, 4.69) is 4.98 Å². The summed E-state index contributed by atoms with van der Waals surface area (Å²) in [6.45, 7) is 0. The number of rotatable bonds is 4. The summed E-state index contributed by atoms with van der Waals surface area (Å²) < 4.78 is 35.1. The molecule has 136 valence electrons. The van der Waals surface area contributed by atoms with Crippen molar-refractivity contribution < 1.29 is 22.1 Å². The Morgan fingerprint density at radius 3 is 2.52 bits per heavy atom. The molecule has 1 aliphatic heterocycles. The van der Waals surface area contributed by atoms with Gasteiger partial charge in [-0.25, -0.2) is 0 Å². The average Bonchev–Trinajstić information content (AvgIpc) is 2.96. The Kier molecular flexibility index (Phi) is 4.04. The van der Waals surface area contributed by atoms with Crippen LogP contribution >= 0.6 is 0 Å². The van der Waals surface area contributed by atoms with Crippen LogP contribution in [0.3, 0.4) is 0 Å². The molecule has 2 aromatic carbocycles. The lowest BCUT2D eigenvalue weighted by molar-refractivity contribution is -0.123. The Bertz CT molecular complexity index is 1170. The largest absolute Gasteiger partial charge is 0.460 e. The van der Waals surface area contributed by atoms with Gasteiger partial charge in [-0.3, -0.25) is 9.78 Å². The summed E-state index contributed by atoms with van der Waals surface area (Å²) in [6.07, 6.45) is 0.385. The maximum atomic E-state index is 12.7. The van der Waals surface area contributed by atoms with Crippen molar-refractivity contribution in [3.63, 3.8) is 0 Å². The van der Waals surface area contributed by atoms with Gasteiger partial charge in [-0.15, -0.1) is 0 Å². The first kappa shape index (κ1) is 17.0. The van der Waals surface area contributed by atoms with Gasteiger partial charge in [-0.2, -0.15) is 8.42 Å². The van der Waals surface area contributed by atoms with Crippen LogP contribution in [0.1, 0.15) is 11.7 Å². The minimum Gasteiger partial charge on any atom is -0.460 e. The third-order valence-electron chi connectivity index (χ3n) is 4.07. The molecule has 4 rings (SSSR count). The molecule has 0 saturated carbocycles. The lowest BCUT2D eigenvalue weighted by Gasteiger charge is -2.10. The monoisotopic (exact) mass is 382 g/mol. The molecule has 0 fully saturated rings. The Balaban J connectivity index is 1.63. The third kappa shape index (κ3) is 3.11. The van der Waals surface area contributed by atoms with Crippen LogP contribution < -0.4 is 5.73 Å². The summed E-state index contributed by atoms with van der Waals surface area (Å²) in [7, 11) is -4.20. The fourth-order valence-corrected chi connectivity index (χ4v) is 3.72. The number of pyridine rings is 1. The normalized spacial score (nSPS) is 17.2. The van der Waals surface area contributed by atoms with E-state index in [0.29, 0.717) is 5.56 Å². The standard InChI is InChI=1S/C19H14N2O5S/c20-19-18(26-27(23,24)14-7-2-1-3-8-14)16(22)17(25-19)13-10-12-6-4-5-9-15(12)21-11-13/h1-11,17H,20H2. The molecule has 0 radical (unpaired) electrons. The van der Waals surface area contributed by atoms with Gasteiger partial charge in [-0.1, -0.05) is 36.4 Å². The Morgan fingerprint density at radius 1 is 1.04 bits per heavy atom. The highest BCUT2D eigenvalue weighted by molar-refractivity contribution is 7.86. The van der Waals surface area contributed by atoms with Crippen molar-refractivity contribution >= 4 is 26.8 Å². The highest BCUT2D eigenvalue weighted by Gasteiger charge is 2.40. The quantitative estimate of drug-likeness (QED) is 0.690. The van der Waals surface area contributed by atoms with Gasteiger partial charge >= 0.3 is 10.1 Å². The maximum Gasteiger partial charge on any atom is 0.339 e. The van der Waals surface area contributed by atoms with Crippen LogP contribution in [0.4, 0.5) is 0 Å². The molecule has 0 bridgehead atoms. The van der Waals surface area contributed by atoms with Gasteiger partial charge < -0.3 is 14.7 Å². The first-order chi connectivity index (χ1) is 13.0. The van der Waals surface area contributed by atoms with E-state index in [0.717, 1.165) is 10.9 Å². The van der Waals surface area contributed by atoms with Crippen LogP contribution in [-0.4, -0.2) is 19.2 Å². The van der Waals surface area contributed by atoms with Crippen molar-refractivity contribution in [2.24, 2.45) is 5.73 Å². The first-order valence-electron chi connectivity index (χ1n) is 8.00. The van der Waals surface area contributed by atoms with Crippen molar-refractivity contribution in [3.05, 3.63) is 84.1 Å². The number of para-hydroxylation sites is 1. The lowest BCUT2D eigenvalue weighted by atomic mass is 10.1. The molecular formula is C19H14N2O5S. The van der Waals surface area contributed by atoms with Crippen LogP contribution in [0, 0.1) is 0 Å². The van der Waals surface area contributed by atoms with Crippen LogP contribution in [0.15, 0.2) is 83.4 Å². The number of nitrogens with two attached hydrogens (primary N) is 1. The summed E-state index contributed by atoms with van der Waals surface area (Å²) in [4.78, 5) is 16.9. The summed E-state index contributed by atoms with van der Waals surface area (Å²) in [5.41, 5.74) is 6.94. The van der Waals surface area contributed by atoms with E-state index in [-0.39, 0.29) is 10.8 Å².